The highest BCUT2D eigenvalue weighted by molar-refractivity contribution is 7.99. The summed E-state index contributed by atoms with van der Waals surface area (Å²) in [5, 5.41) is 5.59. The van der Waals surface area contributed by atoms with E-state index in [1.807, 2.05) is 45.5 Å². The normalized spacial score (nSPS) is 18.3. The standard InChI is InChI=1S/C28H35N5O3S/c1-16(37-6)9-12-35-24-19-14-30-22(13-18(19)20(15-31-24)26(2,3)29)32-21-8-7-17-23(33-21)28(10-11-28)27(4,5)36-25(17)34/h7-8,13-16H,9-12,29H2,1-6H3,(H,30,32,33). The first kappa shape index (κ1) is 25.7. The van der Waals surface area contributed by atoms with Crippen LogP contribution < -0.4 is 15.8 Å². The quantitative estimate of drug-likeness (QED) is 0.373. The Bertz CT molecular complexity index is 1360. The summed E-state index contributed by atoms with van der Waals surface area (Å²) in [7, 11) is 0. The molecule has 3 aromatic rings. The zero-order valence-corrected chi connectivity index (χ0v) is 23.2. The third-order valence-corrected chi connectivity index (χ3v) is 8.71. The van der Waals surface area contributed by atoms with E-state index in [0.29, 0.717) is 34.9 Å². The summed E-state index contributed by atoms with van der Waals surface area (Å²) in [6, 6.07) is 5.55. The minimum Gasteiger partial charge on any atom is -0.477 e. The lowest BCUT2D eigenvalue weighted by molar-refractivity contribution is -0.0285. The average molecular weight is 522 g/mol. The number of aromatic nitrogens is 3. The second-order valence-corrected chi connectivity index (χ2v) is 12.5. The Morgan fingerprint density at radius 3 is 2.62 bits per heavy atom. The van der Waals surface area contributed by atoms with Gasteiger partial charge >= 0.3 is 5.97 Å². The van der Waals surface area contributed by atoms with Crippen molar-refractivity contribution in [2.75, 3.05) is 18.2 Å². The van der Waals surface area contributed by atoms with Crippen molar-refractivity contribution in [3.05, 3.63) is 47.4 Å². The fourth-order valence-corrected chi connectivity index (χ4v) is 5.40. The maximum atomic E-state index is 12.6. The van der Waals surface area contributed by atoms with Gasteiger partial charge in [-0.2, -0.15) is 11.8 Å². The van der Waals surface area contributed by atoms with E-state index in [4.69, 9.17) is 20.2 Å². The number of esters is 1. The Balaban J connectivity index is 1.49. The van der Waals surface area contributed by atoms with Gasteiger partial charge in [0.1, 0.15) is 17.2 Å². The molecule has 37 heavy (non-hydrogen) atoms. The Kier molecular flexibility index (Phi) is 6.35. The fourth-order valence-electron chi connectivity index (χ4n) is 5.07. The largest absolute Gasteiger partial charge is 0.477 e. The molecule has 1 aliphatic heterocycles. The summed E-state index contributed by atoms with van der Waals surface area (Å²) < 4.78 is 11.8. The molecule has 0 radical (unpaired) electrons. The number of fused-ring (bicyclic) bond motifs is 3. The number of rotatable bonds is 8. The Morgan fingerprint density at radius 2 is 1.95 bits per heavy atom. The van der Waals surface area contributed by atoms with Gasteiger partial charge < -0.3 is 20.5 Å². The maximum absolute atomic E-state index is 12.6. The van der Waals surface area contributed by atoms with Crippen LogP contribution in [0.5, 0.6) is 5.88 Å². The molecule has 4 heterocycles. The summed E-state index contributed by atoms with van der Waals surface area (Å²) in [5.74, 6) is 1.49. The molecule has 196 valence electrons. The number of cyclic esters (lactones) is 1. The van der Waals surface area contributed by atoms with E-state index in [9.17, 15) is 4.79 Å². The summed E-state index contributed by atoms with van der Waals surface area (Å²) >= 11 is 1.82. The van der Waals surface area contributed by atoms with Gasteiger partial charge in [0.15, 0.2) is 0 Å². The van der Waals surface area contributed by atoms with Gasteiger partial charge in [0.2, 0.25) is 5.88 Å². The number of carbonyl (C=O) groups excluding carboxylic acids is 1. The van der Waals surface area contributed by atoms with E-state index in [-0.39, 0.29) is 11.4 Å². The van der Waals surface area contributed by atoms with Crippen molar-refractivity contribution in [3.8, 4) is 5.88 Å². The van der Waals surface area contributed by atoms with E-state index in [0.717, 1.165) is 41.3 Å². The third-order valence-electron chi connectivity index (χ3n) is 7.67. The second-order valence-electron chi connectivity index (χ2n) is 11.2. The number of nitrogens with zero attached hydrogens (tertiary/aromatic N) is 3. The topological polar surface area (TPSA) is 112 Å². The second kappa shape index (κ2) is 9.13. The minimum atomic E-state index is -0.607. The predicted molar refractivity (Wildman–Crippen MR) is 148 cm³/mol. The first-order chi connectivity index (χ1) is 17.4. The van der Waals surface area contributed by atoms with E-state index in [1.54, 1.807) is 24.5 Å². The molecule has 0 aromatic carbocycles. The van der Waals surface area contributed by atoms with Crippen LogP contribution in [0, 0.1) is 0 Å². The highest BCUT2D eigenvalue weighted by Gasteiger charge is 2.63. The number of pyridine rings is 3. The van der Waals surface area contributed by atoms with Crippen LogP contribution in [0.3, 0.4) is 0 Å². The van der Waals surface area contributed by atoms with Gasteiger partial charge in [-0.25, -0.2) is 19.7 Å². The number of thioether (sulfide) groups is 1. The van der Waals surface area contributed by atoms with E-state index < -0.39 is 11.1 Å². The van der Waals surface area contributed by atoms with Crippen LogP contribution >= 0.6 is 11.8 Å². The first-order valence-corrected chi connectivity index (χ1v) is 14.0. The van der Waals surface area contributed by atoms with Crippen LogP contribution in [0.15, 0.2) is 30.6 Å². The van der Waals surface area contributed by atoms with Crippen molar-refractivity contribution >= 4 is 40.1 Å². The van der Waals surface area contributed by atoms with Gasteiger partial charge in [0.25, 0.3) is 0 Å². The SMILES string of the molecule is CSC(C)CCOc1ncc(C(C)(C)N)c2cc(Nc3ccc4c(n3)C3(CC3)C(C)(C)OC4=O)ncc12. The molecule has 0 bridgehead atoms. The summed E-state index contributed by atoms with van der Waals surface area (Å²) in [5.41, 5.74) is 7.34. The highest BCUT2D eigenvalue weighted by atomic mass is 32.2. The molecular weight excluding hydrogens is 486 g/mol. The van der Waals surface area contributed by atoms with Crippen molar-refractivity contribution in [2.24, 2.45) is 5.73 Å². The van der Waals surface area contributed by atoms with Crippen molar-refractivity contribution in [3.63, 3.8) is 0 Å². The molecule has 1 unspecified atom stereocenters. The lowest BCUT2D eigenvalue weighted by atomic mass is 9.80. The molecular formula is C28H35N5O3S. The molecule has 3 N–H and O–H groups in total. The van der Waals surface area contributed by atoms with Crippen LogP contribution in [0.2, 0.25) is 0 Å². The molecule has 1 saturated carbocycles. The Labute approximate surface area is 222 Å². The number of hydrogen-bond donors (Lipinski definition) is 2. The molecule has 1 fully saturated rings. The lowest BCUT2D eigenvalue weighted by Gasteiger charge is -2.39. The van der Waals surface area contributed by atoms with E-state index in [2.05, 4.69) is 28.5 Å². The number of ether oxygens (including phenoxy) is 2. The molecule has 0 amide bonds. The summed E-state index contributed by atoms with van der Waals surface area (Å²) in [6.45, 7) is 10.6. The van der Waals surface area contributed by atoms with Crippen LogP contribution in [0.25, 0.3) is 10.8 Å². The molecule has 3 aromatic heterocycles. The molecule has 2 aliphatic rings. The first-order valence-electron chi connectivity index (χ1n) is 12.7. The Hall–Kier alpha value is -2.91. The van der Waals surface area contributed by atoms with Crippen LogP contribution in [-0.2, 0) is 15.7 Å². The highest BCUT2D eigenvalue weighted by Crippen LogP contribution is 2.59. The molecule has 5 rings (SSSR count). The zero-order valence-electron chi connectivity index (χ0n) is 22.3. The average Bonchev–Trinajstić information content (AvgIpc) is 3.64. The van der Waals surface area contributed by atoms with E-state index >= 15 is 0 Å². The number of anilines is 2. The van der Waals surface area contributed by atoms with Gasteiger partial charge in [-0.3, -0.25) is 0 Å². The van der Waals surface area contributed by atoms with E-state index in [1.165, 1.54) is 0 Å². The van der Waals surface area contributed by atoms with Gasteiger partial charge in [0.05, 0.1) is 28.7 Å². The molecule has 8 nitrogen and oxygen atoms in total. The smallest absolute Gasteiger partial charge is 0.340 e. The lowest BCUT2D eigenvalue weighted by Crippen LogP contribution is -2.46. The zero-order chi connectivity index (χ0) is 26.6. The predicted octanol–water partition coefficient (Wildman–Crippen LogP) is 5.46. The molecule has 1 spiro atoms. The van der Waals surface area contributed by atoms with Crippen molar-refractivity contribution in [1.29, 1.82) is 0 Å². The van der Waals surface area contributed by atoms with Crippen LogP contribution in [-0.4, -0.2) is 44.6 Å². The minimum absolute atomic E-state index is 0.229. The molecule has 1 aliphatic carbocycles. The van der Waals surface area contributed by atoms with Crippen LogP contribution in [0.1, 0.15) is 75.5 Å². The maximum Gasteiger partial charge on any atom is 0.340 e. The van der Waals surface area contributed by atoms with Gasteiger partial charge in [0, 0.05) is 23.2 Å². The fraction of sp³-hybridized carbons (Fsp3) is 0.500. The number of nitrogens with two attached hydrogens (primary N) is 1. The molecule has 9 heteroatoms. The monoisotopic (exact) mass is 521 g/mol. The molecule has 0 saturated heterocycles. The summed E-state index contributed by atoms with van der Waals surface area (Å²) in [6.07, 6.45) is 8.49. The van der Waals surface area contributed by atoms with Crippen molar-refractivity contribution in [2.45, 2.75) is 75.7 Å². The van der Waals surface area contributed by atoms with Gasteiger partial charge in [-0.15, -0.1) is 0 Å². The number of carbonyl (C=O) groups is 1. The number of hydrogen-bond acceptors (Lipinski definition) is 9. The van der Waals surface area contributed by atoms with Gasteiger partial charge in [-0.1, -0.05) is 6.92 Å². The van der Waals surface area contributed by atoms with Gasteiger partial charge in [-0.05, 0) is 82.4 Å². The van der Waals surface area contributed by atoms with Crippen molar-refractivity contribution < 1.29 is 14.3 Å². The van der Waals surface area contributed by atoms with Crippen LogP contribution in [0.4, 0.5) is 11.6 Å². The summed E-state index contributed by atoms with van der Waals surface area (Å²) in [4.78, 5) is 26.7. The van der Waals surface area contributed by atoms with Crippen molar-refractivity contribution in [1.82, 2.24) is 15.0 Å². The number of nitrogens with one attached hydrogen (secondary N) is 1. The molecule has 1 atom stereocenters. The Morgan fingerprint density at radius 1 is 1.19 bits per heavy atom. The third kappa shape index (κ3) is 4.63.